The molecule has 2 nitrogen and oxygen atoms in total. The van der Waals surface area contributed by atoms with E-state index < -0.39 is 0 Å². The van der Waals surface area contributed by atoms with Crippen LogP contribution in [0.5, 0.6) is 11.5 Å². The molecule has 0 heterocycles. The number of aryl methyl sites for hydroxylation is 2. The lowest BCUT2D eigenvalue weighted by atomic mass is 10.0. The van der Waals surface area contributed by atoms with Gasteiger partial charge in [0.05, 0.1) is 0 Å². The van der Waals surface area contributed by atoms with Crippen LogP contribution in [0.2, 0.25) is 0 Å². The van der Waals surface area contributed by atoms with Crippen LogP contribution in [0.3, 0.4) is 0 Å². The van der Waals surface area contributed by atoms with Gasteiger partial charge in [-0.1, -0.05) is 108 Å². The zero-order chi connectivity index (χ0) is 21.9. The molecule has 0 fully saturated rings. The Morgan fingerprint density at radius 1 is 0.469 bits per heavy atom. The van der Waals surface area contributed by atoms with Crippen molar-refractivity contribution >= 4 is 21.5 Å². The van der Waals surface area contributed by atoms with Gasteiger partial charge < -0.3 is 9.47 Å². The average Bonchev–Trinajstić information content (AvgIpc) is 2.81. The fourth-order valence-electron chi connectivity index (χ4n) is 4.27. The minimum absolute atomic E-state index is 0.527. The summed E-state index contributed by atoms with van der Waals surface area (Å²) in [5, 5.41) is 4.27. The highest BCUT2D eigenvalue weighted by molar-refractivity contribution is 6.11. The van der Waals surface area contributed by atoms with Crippen molar-refractivity contribution in [3.63, 3.8) is 0 Å². The van der Waals surface area contributed by atoms with Crippen molar-refractivity contribution in [3.05, 3.63) is 119 Å². The summed E-state index contributed by atoms with van der Waals surface area (Å²) < 4.78 is 12.9. The summed E-state index contributed by atoms with van der Waals surface area (Å²) in [6.45, 7) is 5.27. The van der Waals surface area contributed by atoms with Gasteiger partial charge in [-0.3, -0.25) is 0 Å². The molecule has 32 heavy (non-hydrogen) atoms. The van der Waals surface area contributed by atoms with Gasteiger partial charge in [-0.15, -0.1) is 0 Å². The van der Waals surface area contributed by atoms with Crippen LogP contribution in [-0.2, 0) is 13.2 Å². The molecule has 5 aromatic carbocycles. The third kappa shape index (κ3) is 4.04. The maximum atomic E-state index is 6.45. The lowest BCUT2D eigenvalue weighted by molar-refractivity contribution is 0.308. The van der Waals surface area contributed by atoms with Crippen molar-refractivity contribution in [2.75, 3.05) is 0 Å². The van der Waals surface area contributed by atoms with Crippen LogP contribution < -0.4 is 9.47 Å². The predicted molar refractivity (Wildman–Crippen MR) is 132 cm³/mol. The van der Waals surface area contributed by atoms with Gasteiger partial charge in [0.1, 0.15) is 24.7 Å². The number of ether oxygens (including phenoxy) is 2. The molecule has 0 radical (unpaired) electrons. The van der Waals surface area contributed by atoms with E-state index in [2.05, 4.69) is 111 Å². The molecular formula is C30H26O2. The smallest absolute Gasteiger partial charge is 0.135 e. The summed E-state index contributed by atoms with van der Waals surface area (Å²) in [6, 6.07) is 33.6. The summed E-state index contributed by atoms with van der Waals surface area (Å²) >= 11 is 0. The van der Waals surface area contributed by atoms with E-state index in [0.717, 1.165) is 44.2 Å². The van der Waals surface area contributed by atoms with Crippen molar-refractivity contribution < 1.29 is 9.47 Å². The van der Waals surface area contributed by atoms with Gasteiger partial charge in [-0.25, -0.2) is 0 Å². The Bertz CT molecular complexity index is 1240. The van der Waals surface area contributed by atoms with E-state index in [4.69, 9.17) is 9.47 Å². The largest absolute Gasteiger partial charge is 0.488 e. The van der Waals surface area contributed by atoms with E-state index in [1.54, 1.807) is 0 Å². The Balaban J connectivity index is 1.58. The predicted octanol–water partition coefficient (Wildman–Crippen LogP) is 7.77. The standard InChI is InChI=1S/C30H26O2/c1-21-9-7-11-23(17-21)19-31-29-25-13-3-5-15-27(25)30(28-16-6-4-14-26(28)29)32-20-24-12-8-10-22(2)18-24/h3-18H,19-20H2,1-2H3. The van der Waals surface area contributed by atoms with Gasteiger partial charge in [0.25, 0.3) is 0 Å². The maximum Gasteiger partial charge on any atom is 0.135 e. The van der Waals surface area contributed by atoms with E-state index in [9.17, 15) is 0 Å². The minimum atomic E-state index is 0.527. The normalized spacial score (nSPS) is 11.1. The Kier molecular flexibility index (Phi) is 5.51. The third-order valence-corrected chi connectivity index (χ3v) is 5.76. The minimum Gasteiger partial charge on any atom is -0.488 e. The lowest BCUT2D eigenvalue weighted by Gasteiger charge is -2.18. The highest BCUT2D eigenvalue weighted by atomic mass is 16.5. The van der Waals surface area contributed by atoms with E-state index >= 15 is 0 Å². The average molecular weight is 419 g/mol. The van der Waals surface area contributed by atoms with Crippen molar-refractivity contribution in [1.29, 1.82) is 0 Å². The van der Waals surface area contributed by atoms with E-state index in [1.807, 2.05) is 0 Å². The number of fused-ring (bicyclic) bond motifs is 2. The first-order valence-corrected chi connectivity index (χ1v) is 11.0. The van der Waals surface area contributed by atoms with E-state index in [1.165, 1.54) is 11.1 Å². The highest BCUT2D eigenvalue weighted by Crippen LogP contribution is 2.43. The molecule has 0 aliphatic rings. The quantitative estimate of drug-likeness (QED) is 0.262. The van der Waals surface area contributed by atoms with Crippen molar-refractivity contribution in [2.45, 2.75) is 27.1 Å². The van der Waals surface area contributed by atoms with Gasteiger partial charge in [0.15, 0.2) is 0 Å². The number of hydrogen-bond donors (Lipinski definition) is 0. The summed E-state index contributed by atoms with van der Waals surface area (Å²) in [5.41, 5.74) is 4.80. The second kappa shape index (κ2) is 8.76. The topological polar surface area (TPSA) is 18.5 Å². The molecule has 5 rings (SSSR count). The number of hydrogen-bond acceptors (Lipinski definition) is 2. The summed E-state index contributed by atoms with van der Waals surface area (Å²) in [5.74, 6) is 1.81. The third-order valence-electron chi connectivity index (χ3n) is 5.76. The van der Waals surface area contributed by atoms with Gasteiger partial charge in [0.2, 0.25) is 0 Å². The Morgan fingerprint density at radius 3 is 1.19 bits per heavy atom. The molecule has 0 saturated carbocycles. The first-order chi connectivity index (χ1) is 15.7. The second-order valence-corrected chi connectivity index (χ2v) is 8.30. The molecule has 0 spiro atoms. The first kappa shape index (κ1) is 20.1. The number of benzene rings is 5. The van der Waals surface area contributed by atoms with Gasteiger partial charge in [-0.05, 0) is 25.0 Å². The molecule has 0 amide bonds. The SMILES string of the molecule is Cc1cccc(COc2c3ccccc3c(OCc3cccc(C)c3)c3ccccc23)c1. The molecular weight excluding hydrogens is 392 g/mol. The van der Waals surface area contributed by atoms with Crippen LogP contribution in [0.4, 0.5) is 0 Å². The Labute approximate surface area is 189 Å². The molecule has 158 valence electrons. The van der Waals surface area contributed by atoms with E-state index in [0.29, 0.717) is 13.2 Å². The summed E-state index contributed by atoms with van der Waals surface area (Å²) in [6.07, 6.45) is 0. The molecule has 0 unspecified atom stereocenters. The van der Waals surface area contributed by atoms with Crippen LogP contribution in [0, 0.1) is 13.8 Å². The van der Waals surface area contributed by atoms with Crippen molar-refractivity contribution in [2.24, 2.45) is 0 Å². The highest BCUT2D eigenvalue weighted by Gasteiger charge is 2.16. The zero-order valence-electron chi connectivity index (χ0n) is 18.5. The number of rotatable bonds is 6. The first-order valence-electron chi connectivity index (χ1n) is 11.0. The monoisotopic (exact) mass is 418 g/mol. The second-order valence-electron chi connectivity index (χ2n) is 8.30. The van der Waals surface area contributed by atoms with Crippen molar-refractivity contribution in [1.82, 2.24) is 0 Å². The molecule has 0 saturated heterocycles. The molecule has 5 aromatic rings. The molecule has 2 heteroatoms. The summed E-state index contributed by atoms with van der Waals surface area (Å²) in [7, 11) is 0. The van der Waals surface area contributed by atoms with Crippen LogP contribution in [-0.4, -0.2) is 0 Å². The molecule has 0 aromatic heterocycles. The molecule has 0 bridgehead atoms. The zero-order valence-corrected chi connectivity index (χ0v) is 18.5. The summed E-state index contributed by atoms with van der Waals surface area (Å²) in [4.78, 5) is 0. The molecule has 0 aliphatic heterocycles. The van der Waals surface area contributed by atoms with Crippen LogP contribution in [0.1, 0.15) is 22.3 Å². The van der Waals surface area contributed by atoms with Gasteiger partial charge in [0, 0.05) is 21.5 Å². The Morgan fingerprint density at radius 2 is 0.844 bits per heavy atom. The Hall–Kier alpha value is -3.78. The molecule has 0 aliphatic carbocycles. The van der Waals surface area contributed by atoms with Gasteiger partial charge in [-0.2, -0.15) is 0 Å². The van der Waals surface area contributed by atoms with Crippen LogP contribution >= 0.6 is 0 Å². The molecule has 0 N–H and O–H groups in total. The van der Waals surface area contributed by atoms with Crippen molar-refractivity contribution in [3.8, 4) is 11.5 Å². The molecule has 0 atom stereocenters. The maximum absolute atomic E-state index is 6.45. The fraction of sp³-hybridized carbons (Fsp3) is 0.133. The lowest BCUT2D eigenvalue weighted by Crippen LogP contribution is -2.01. The van der Waals surface area contributed by atoms with E-state index in [-0.39, 0.29) is 0 Å². The van der Waals surface area contributed by atoms with Crippen LogP contribution in [0.25, 0.3) is 21.5 Å². The fourth-order valence-corrected chi connectivity index (χ4v) is 4.27. The van der Waals surface area contributed by atoms with Gasteiger partial charge >= 0.3 is 0 Å². The van der Waals surface area contributed by atoms with Crippen LogP contribution in [0.15, 0.2) is 97.1 Å².